The van der Waals surface area contributed by atoms with Crippen LogP contribution in [-0.2, 0) is 13.0 Å². The monoisotopic (exact) mass is 369 g/mol. The molecule has 3 aromatic rings. The normalized spacial score (nSPS) is 12.8. The SMILES string of the molecule is Cc1cc(C(=O)N2CCc3ccccc3C2)nc(Nc2cccc(C#N)c2)n1. The van der Waals surface area contributed by atoms with Crippen LogP contribution in [0.5, 0.6) is 0 Å². The fraction of sp³-hybridized carbons (Fsp3) is 0.182. The second-order valence-corrected chi connectivity index (χ2v) is 6.78. The number of nitriles is 1. The van der Waals surface area contributed by atoms with Crippen molar-refractivity contribution in [3.63, 3.8) is 0 Å². The van der Waals surface area contributed by atoms with Crippen LogP contribution in [0.1, 0.15) is 32.9 Å². The quantitative estimate of drug-likeness (QED) is 0.763. The molecule has 6 nitrogen and oxygen atoms in total. The van der Waals surface area contributed by atoms with E-state index in [0.717, 1.165) is 6.42 Å². The summed E-state index contributed by atoms with van der Waals surface area (Å²) in [6.45, 7) is 3.09. The minimum absolute atomic E-state index is 0.103. The second kappa shape index (κ2) is 7.49. The van der Waals surface area contributed by atoms with Gasteiger partial charge in [0.1, 0.15) is 5.69 Å². The standard InChI is InChI=1S/C22H19N5O/c1-15-11-20(21(28)27-10-9-17-6-2-3-7-18(17)14-27)26-22(24-15)25-19-8-4-5-16(12-19)13-23/h2-8,11-12H,9-10,14H2,1H3,(H,24,25,26). The minimum atomic E-state index is -0.103. The zero-order chi connectivity index (χ0) is 19.5. The molecule has 0 saturated heterocycles. The maximum atomic E-state index is 13.0. The van der Waals surface area contributed by atoms with E-state index in [-0.39, 0.29) is 5.91 Å². The van der Waals surface area contributed by atoms with Crippen LogP contribution in [0.15, 0.2) is 54.6 Å². The molecule has 0 fully saturated rings. The smallest absolute Gasteiger partial charge is 0.272 e. The van der Waals surface area contributed by atoms with Crippen molar-refractivity contribution < 1.29 is 4.79 Å². The first-order valence-electron chi connectivity index (χ1n) is 9.11. The number of hydrogen-bond donors (Lipinski definition) is 1. The van der Waals surface area contributed by atoms with Crippen LogP contribution < -0.4 is 5.32 Å². The summed E-state index contributed by atoms with van der Waals surface area (Å²) in [5.41, 5.74) is 4.79. The molecule has 0 aliphatic carbocycles. The third kappa shape index (κ3) is 3.69. The number of nitrogens with zero attached hydrogens (tertiary/aromatic N) is 4. The molecule has 4 rings (SSSR count). The predicted molar refractivity (Wildman–Crippen MR) is 106 cm³/mol. The van der Waals surface area contributed by atoms with Crippen molar-refractivity contribution in [1.29, 1.82) is 5.26 Å². The number of carbonyl (C=O) groups excluding carboxylic acids is 1. The maximum Gasteiger partial charge on any atom is 0.272 e. The molecule has 0 unspecified atom stereocenters. The van der Waals surface area contributed by atoms with Crippen molar-refractivity contribution in [2.24, 2.45) is 0 Å². The lowest BCUT2D eigenvalue weighted by Crippen LogP contribution is -2.36. The number of benzene rings is 2. The van der Waals surface area contributed by atoms with Gasteiger partial charge in [-0.05, 0) is 48.7 Å². The Morgan fingerprint density at radius 2 is 1.93 bits per heavy atom. The number of aryl methyl sites for hydroxylation is 1. The van der Waals surface area contributed by atoms with Crippen LogP contribution in [0.4, 0.5) is 11.6 Å². The van der Waals surface area contributed by atoms with Gasteiger partial charge < -0.3 is 10.2 Å². The van der Waals surface area contributed by atoms with E-state index in [1.807, 2.05) is 30.0 Å². The fourth-order valence-electron chi connectivity index (χ4n) is 3.36. The minimum Gasteiger partial charge on any atom is -0.333 e. The zero-order valence-corrected chi connectivity index (χ0v) is 15.5. The largest absolute Gasteiger partial charge is 0.333 e. The lowest BCUT2D eigenvalue weighted by atomic mass is 10.00. The summed E-state index contributed by atoms with van der Waals surface area (Å²) in [4.78, 5) is 23.6. The molecule has 1 aliphatic heterocycles. The highest BCUT2D eigenvalue weighted by Crippen LogP contribution is 2.21. The number of hydrogen-bond acceptors (Lipinski definition) is 5. The van der Waals surface area contributed by atoms with Crippen LogP contribution in [0, 0.1) is 18.3 Å². The molecular formula is C22H19N5O. The number of aromatic nitrogens is 2. The molecule has 1 aromatic heterocycles. The highest BCUT2D eigenvalue weighted by molar-refractivity contribution is 5.93. The summed E-state index contributed by atoms with van der Waals surface area (Å²) >= 11 is 0. The molecule has 6 heteroatoms. The molecule has 0 bridgehead atoms. The van der Waals surface area contributed by atoms with Crippen molar-refractivity contribution in [1.82, 2.24) is 14.9 Å². The number of fused-ring (bicyclic) bond motifs is 1. The Balaban J connectivity index is 1.57. The van der Waals surface area contributed by atoms with Crippen LogP contribution in [-0.4, -0.2) is 27.3 Å². The molecule has 1 amide bonds. The first-order chi connectivity index (χ1) is 13.6. The van der Waals surface area contributed by atoms with Gasteiger partial charge in [-0.1, -0.05) is 30.3 Å². The van der Waals surface area contributed by atoms with E-state index in [9.17, 15) is 4.79 Å². The molecule has 138 valence electrons. The third-order valence-corrected chi connectivity index (χ3v) is 4.74. The summed E-state index contributed by atoms with van der Waals surface area (Å²) in [6.07, 6.45) is 0.845. The average Bonchev–Trinajstić information content (AvgIpc) is 2.72. The van der Waals surface area contributed by atoms with Gasteiger partial charge in [0, 0.05) is 24.5 Å². The highest BCUT2D eigenvalue weighted by atomic mass is 16.2. The van der Waals surface area contributed by atoms with E-state index < -0.39 is 0 Å². The van der Waals surface area contributed by atoms with E-state index >= 15 is 0 Å². The van der Waals surface area contributed by atoms with E-state index in [0.29, 0.717) is 41.7 Å². The fourth-order valence-corrected chi connectivity index (χ4v) is 3.36. The van der Waals surface area contributed by atoms with Gasteiger partial charge in [0.15, 0.2) is 0 Å². The van der Waals surface area contributed by atoms with Gasteiger partial charge in [0.25, 0.3) is 5.91 Å². The van der Waals surface area contributed by atoms with Gasteiger partial charge in [-0.15, -0.1) is 0 Å². The van der Waals surface area contributed by atoms with E-state index in [2.05, 4.69) is 33.5 Å². The highest BCUT2D eigenvalue weighted by Gasteiger charge is 2.23. The summed E-state index contributed by atoms with van der Waals surface area (Å²) in [7, 11) is 0. The summed E-state index contributed by atoms with van der Waals surface area (Å²) < 4.78 is 0. The van der Waals surface area contributed by atoms with Crippen molar-refractivity contribution in [2.75, 3.05) is 11.9 Å². The lowest BCUT2D eigenvalue weighted by molar-refractivity contribution is 0.0728. The Morgan fingerprint density at radius 3 is 2.75 bits per heavy atom. The number of rotatable bonds is 3. The Bertz CT molecular complexity index is 1090. The van der Waals surface area contributed by atoms with E-state index in [4.69, 9.17) is 5.26 Å². The number of nitrogens with one attached hydrogen (secondary N) is 1. The van der Waals surface area contributed by atoms with E-state index in [1.54, 1.807) is 24.3 Å². The molecule has 2 heterocycles. The van der Waals surface area contributed by atoms with Gasteiger partial charge in [0.05, 0.1) is 11.6 Å². The molecule has 0 radical (unpaired) electrons. The molecule has 28 heavy (non-hydrogen) atoms. The number of amides is 1. The Hall–Kier alpha value is -3.72. The first kappa shape index (κ1) is 17.7. The number of carbonyl (C=O) groups is 1. The van der Waals surface area contributed by atoms with Gasteiger partial charge in [-0.2, -0.15) is 5.26 Å². The maximum absolute atomic E-state index is 13.0. The topological polar surface area (TPSA) is 81.9 Å². The predicted octanol–water partition coefficient (Wildman–Crippen LogP) is 3.60. The van der Waals surface area contributed by atoms with Crippen molar-refractivity contribution in [3.05, 3.63) is 82.7 Å². The summed E-state index contributed by atoms with van der Waals surface area (Å²) in [5.74, 6) is 0.240. The average molecular weight is 369 g/mol. The first-order valence-corrected chi connectivity index (χ1v) is 9.11. The van der Waals surface area contributed by atoms with E-state index in [1.165, 1.54) is 11.1 Å². The van der Waals surface area contributed by atoms with Crippen molar-refractivity contribution in [3.8, 4) is 6.07 Å². The van der Waals surface area contributed by atoms with Crippen LogP contribution in [0.2, 0.25) is 0 Å². The molecule has 0 saturated carbocycles. The van der Waals surface area contributed by atoms with Crippen LogP contribution in [0.25, 0.3) is 0 Å². The van der Waals surface area contributed by atoms with Crippen molar-refractivity contribution in [2.45, 2.75) is 19.9 Å². The second-order valence-electron chi connectivity index (χ2n) is 6.78. The molecular weight excluding hydrogens is 350 g/mol. The van der Waals surface area contributed by atoms with Gasteiger partial charge in [-0.25, -0.2) is 9.97 Å². The molecule has 1 N–H and O–H groups in total. The molecule has 0 spiro atoms. The molecule has 2 aromatic carbocycles. The summed E-state index contributed by atoms with van der Waals surface area (Å²) in [6, 6.07) is 19.1. The van der Waals surface area contributed by atoms with Crippen LogP contribution >= 0.6 is 0 Å². The Kier molecular flexibility index (Phi) is 4.73. The third-order valence-electron chi connectivity index (χ3n) is 4.74. The molecule has 0 atom stereocenters. The zero-order valence-electron chi connectivity index (χ0n) is 15.5. The van der Waals surface area contributed by atoms with Gasteiger partial charge in [0.2, 0.25) is 5.95 Å². The Labute approximate surface area is 163 Å². The number of anilines is 2. The van der Waals surface area contributed by atoms with Crippen molar-refractivity contribution >= 4 is 17.5 Å². The Morgan fingerprint density at radius 1 is 1.11 bits per heavy atom. The molecule has 1 aliphatic rings. The lowest BCUT2D eigenvalue weighted by Gasteiger charge is -2.28. The van der Waals surface area contributed by atoms with Gasteiger partial charge in [-0.3, -0.25) is 4.79 Å². The summed E-state index contributed by atoms with van der Waals surface area (Å²) in [5, 5.41) is 12.1. The van der Waals surface area contributed by atoms with Gasteiger partial charge >= 0.3 is 0 Å². The van der Waals surface area contributed by atoms with Crippen LogP contribution in [0.3, 0.4) is 0 Å².